The molecule has 1 aliphatic heterocycles. The maximum atomic E-state index is 11.8. The molecule has 4 N–H and O–H groups in total. The Kier molecular flexibility index (Phi) is 3.80. The number of nitrogens with one attached hydrogen (secondary N) is 3. The number of hydrogen-bond acceptors (Lipinski definition) is 8. The van der Waals surface area contributed by atoms with Gasteiger partial charge in [-0.1, -0.05) is 0 Å². The first kappa shape index (κ1) is 15.5. The first-order chi connectivity index (χ1) is 12.1. The molecule has 2 amide bonds. The van der Waals surface area contributed by atoms with Crippen molar-refractivity contribution in [2.45, 2.75) is 25.3 Å². The van der Waals surface area contributed by atoms with Crippen LogP contribution in [-0.2, 0) is 9.59 Å². The van der Waals surface area contributed by atoms with Crippen molar-refractivity contribution in [3.8, 4) is 0 Å². The highest BCUT2D eigenvalue weighted by molar-refractivity contribution is 6.15. The Morgan fingerprint density at radius 1 is 1.36 bits per heavy atom. The van der Waals surface area contributed by atoms with Crippen LogP contribution in [0.15, 0.2) is 11.8 Å². The van der Waals surface area contributed by atoms with Crippen LogP contribution in [0.1, 0.15) is 24.8 Å². The monoisotopic (exact) mass is 343 g/mol. The molecule has 0 radical (unpaired) electrons. The van der Waals surface area contributed by atoms with Gasteiger partial charge < -0.3 is 15.7 Å². The number of nitrogens with zero attached hydrogens (tertiary/aromatic N) is 4. The third kappa shape index (κ3) is 3.15. The van der Waals surface area contributed by atoms with Gasteiger partial charge >= 0.3 is 0 Å². The van der Waals surface area contributed by atoms with E-state index >= 15 is 0 Å². The van der Waals surface area contributed by atoms with E-state index in [2.05, 4.69) is 31.0 Å². The summed E-state index contributed by atoms with van der Waals surface area (Å²) in [7, 11) is 0. The summed E-state index contributed by atoms with van der Waals surface area (Å²) in [5, 5.41) is 21.8. The number of aromatic nitrogens is 4. The fraction of sp³-hybridized carbons (Fsp3) is 0.400. The summed E-state index contributed by atoms with van der Waals surface area (Å²) < 4.78 is 1.57. The molecular weight excluding hydrogens is 326 g/mol. The Morgan fingerprint density at radius 3 is 2.88 bits per heavy atom. The zero-order valence-corrected chi connectivity index (χ0v) is 13.3. The standard InChI is InChI=1S/C15H17N7O3/c23-4-3-16-14-20-12-9(5-8-6-11(24)19-13(8)25)7-17-22(12)15(21-14)18-10-1-2-10/h5,7,10,23H,1-4,6H2,(H,19,24,25)(H2,16,18,20,21)/b8-5+. The lowest BCUT2D eigenvalue weighted by Gasteiger charge is -2.09. The van der Waals surface area contributed by atoms with E-state index in [0.717, 1.165) is 12.8 Å². The fourth-order valence-electron chi connectivity index (χ4n) is 2.56. The van der Waals surface area contributed by atoms with E-state index in [4.69, 9.17) is 5.11 Å². The molecular formula is C15H17N7O3. The lowest BCUT2D eigenvalue weighted by atomic mass is 10.1. The van der Waals surface area contributed by atoms with Crippen LogP contribution in [0.3, 0.4) is 0 Å². The fourth-order valence-corrected chi connectivity index (χ4v) is 2.56. The van der Waals surface area contributed by atoms with E-state index in [-0.39, 0.29) is 18.9 Å². The number of carbonyl (C=O) groups excluding carboxylic acids is 2. The second-order valence-corrected chi connectivity index (χ2v) is 6.00. The topological polar surface area (TPSA) is 134 Å². The molecule has 1 saturated carbocycles. The molecule has 2 aromatic rings. The summed E-state index contributed by atoms with van der Waals surface area (Å²) in [5.41, 5.74) is 1.51. The average molecular weight is 343 g/mol. The number of anilines is 2. The van der Waals surface area contributed by atoms with Crippen LogP contribution in [0.5, 0.6) is 0 Å². The molecule has 4 rings (SSSR count). The Hall–Kier alpha value is -3.01. The van der Waals surface area contributed by atoms with Gasteiger partial charge in [-0.3, -0.25) is 14.9 Å². The van der Waals surface area contributed by atoms with Gasteiger partial charge in [0, 0.05) is 23.7 Å². The molecule has 1 aliphatic carbocycles. The van der Waals surface area contributed by atoms with E-state index in [1.54, 1.807) is 16.8 Å². The summed E-state index contributed by atoms with van der Waals surface area (Å²) in [5.74, 6) is 0.193. The quantitative estimate of drug-likeness (QED) is 0.409. The van der Waals surface area contributed by atoms with Crippen molar-refractivity contribution in [2.24, 2.45) is 0 Å². The summed E-state index contributed by atoms with van der Waals surface area (Å²) in [6.07, 6.45) is 5.40. The normalized spacial score (nSPS) is 18.8. The van der Waals surface area contributed by atoms with Crippen molar-refractivity contribution in [3.05, 3.63) is 17.3 Å². The van der Waals surface area contributed by atoms with Gasteiger partial charge in [0.05, 0.1) is 19.2 Å². The first-order valence-electron chi connectivity index (χ1n) is 8.06. The van der Waals surface area contributed by atoms with Crippen LogP contribution in [0.2, 0.25) is 0 Å². The number of aliphatic hydroxyl groups is 1. The second kappa shape index (κ2) is 6.13. The molecule has 2 fully saturated rings. The molecule has 0 spiro atoms. The molecule has 3 heterocycles. The largest absolute Gasteiger partial charge is 0.395 e. The predicted octanol–water partition coefficient (Wildman–Crippen LogP) is -0.467. The molecule has 10 nitrogen and oxygen atoms in total. The van der Waals surface area contributed by atoms with Crippen molar-refractivity contribution in [1.29, 1.82) is 0 Å². The van der Waals surface area contributed by atoms with Gasteiger partial charge in [0.25, 0.3) is 5.91 Å². The number of rotatable bonds is 6. The van der Waals surface area contributed by atoms with E-state index in [9.17, 15) is 9.59 Å². The minimum absolute atomic E-state index is 0.0433. The van der Waals surface area contributed by atoms with Gasteiger partial charge in [-0.05, 0) is 18.9 Å². The van der Waals surface area contributed by atoms with Crippen molar-refractivity contribution in [1.82, 2.24) is 24.9 Å². The van der Waals surface area contributed by atoms with Crippen molar-refractivity contribution in [2.75, 3.05) is 23.8 Å². The zero-order valence-electron chi connectivity index (χ0n) is 13.3. The summed E-state index contributed by atoms with van der Waals surface area (Å²) in [4.78, 5) is 31.9. The Morgan fingerprint density at radius 2 is 2.20 bits per heavy atom. The number of carbonyl (C=O) groups is 2. The van der Waals surface area contributed by atoms with Gasteiger partial charge in [0.2, 0.25) is 17.8 Å². The zero-order chi connectivity index (χ0) is 17.4. The molecule has 2 aromatic heterocycles. The molecule has 2 aliphatic rings. The van der Waals surface area contributed by atoms with Gasteiger partial charge in [-0.2, -0.15) is 19.6 Å². The summed E-state index contributed by atoms with van der Waals surface area (Å²) in [6, 6.07) is 0.369. The maximum Gasteiger partial charge on any atom is 0.254 e. The SMILES string of the molecule is O=C1C/C(=C\c2cnn3c(NC4CC4)nc(NCCO)nc23)C(=O)N1. The molecule has 1 saturated heterocycles. The van der Waals surface area contributed by atoms with E-state index < -0.39 is 5.91 Å². The highest BCUT2D eigenvalue weighted by atomic mass is 16.3. The Bertz CT molecular complexity index is 885. The molecule has 130 valence electrons. The number of aliphatic hydroxyl groups excluding tert-OH is 1. The smallest absolute Gasteiger partial charge is 0.254 e. The van der Waals surface area contributed by atoms with Crippen LogP contribution >= 0.6 is 0 Å². The van der Waals surface area contributed by atoms with Crippen LogP contribution in [-0.4, -0.2) is 55.7 Å². The Balaban J connectivity index is 1.75. The predicted molar refractivity (Wildman–Crippen MR) is 88.7 cm³/mol. The van der Waals surface area contributed by atoms with E-state index in [1.807, 2.05) is 0 Å². The lowest BCUT2D eigenvalue weighted by molar-refractivity contribution is -0.124. The molecule has 25 heavy (non-hydrogen) atoms. The molecule has 0 atom stereocenters. The summed E-state index contributed by atoms with van der Waals surface area (Å²) >= 11 is 0. The van der Waals surface area contributed by atoms with Crippen molar-refractivity contribution in [3.63, 3.8) is 0 Å². The molecule has 0 unspecified atom stereocenters. The van der Waals surface area contributed by atoms with Crippen molar-refractivity contribution >= 4 is 35.4 Å². The van der Waals surface area contributed by atoms with Gasteiger partial charge in [-0.25, -0.2) is 0 Å². The maximum absolute atomic E-state index is 11.8. The van der Waals surface area contributed by atoms with Gasteiger partial charge in [0.15, 0.2) is 5.65 Å². The van der Waals surface area contributed by atoms with Gasteiger partial charge in [-0.15, -0.1) is 0 Å². The van der Waals surface area contributed by atoms with Crippen LogP contribution in [0, 0.1) is 0 Å². The molecule has 10 heteroatoms. The van der Waals surface area contributed by atoms with Crippen LogP contribution in [0.25, 0.3) is 11.7 Å². The van der Waals surface area contributed by atoms with Crippen molar-refractivity contribution < 1.29 is 14.7 Å². The molecule has 0 aromatic carbocycles. The highest BCUT2D eigenvalue weighted by Crippen LogP contribution is 2.26. The number of hydrogen-bond donors (Lipinski definition) is 4. The minimum Gasteiger partial charge on any atom is -0.395 e. The van der Waals surface area contributed by atoms with E-state index in [0.29, 0.717) is 41.3 Å². The third-order valence-corrected chi connectivity index (χ3v) is 3.93. The number of imide groups is 1. The summed E-state index contributed by atoms with van der Waals surface area (Å²) in [6.45, 7) is 0.277. The van der Waals surface area contributed by atoms with Crippen LogP contribution < -0.4 is 16.0 Å². The third-order valence-electron chi connectivity index (χ3n) is 3.93. The Labute approximate surface area is 142 Å². The van der Waals surface area contributed by atoms with Gasteiger partial charge in [0.1, 0.15) is 0 Å². The lowest BCUT2D eigenvalue weighted by Crippen LogP contribution is -2.19. The highest BCUT2D eigenvalue weighted by Gasteiger charge is 2.26. The van der Waals surface area contributed by atoms with Crippen LogP contribution in [0.4, 0.5) is 11.9 Å². The first-order valence-corrected chi connectivity index (χ1v) is 8.06. The van der Waals surface area contributed by atoms with E-state index in [1.165, 1.54) is 0 Å². The second-order valence-electron chi connectivity index (χ2n) is 6.00. The average Bonchev–Trinajstić information content (AvgIpc) is 3.22. The number of amides is 2. The minimum atomic E-state index is -0.395. The number of fused-ring (bicyclic) bond motifs is 1. The molecule has 0 bridgehead atoms.